The molecule has 0 aromatic heterocycles. The van der Waals surface area contributed by atoms with Crippen molar-refractivity contribution in [3.05, 3.63) is 65.7 Å². The molecule has 0 saturated carbocycles. The molecule has 5 nitrogen and oxygen atoms in total. The van der Waals surface area contributed by atoms with Crippen LogP contribution in [0.15, 0.2) is 54.6 Å². The van der Waals surface area contributed by atoms with Crippen molar-refractivity contribution in [2.24, 2.45) is 0 Å². The van der Waals surface area contributed by atoms with Gasteiger partial charge in [0.2, 0.25) is 11.8 Å². The van der Waals surface area contributed by atoms with Crippen molar-refractivity contribution in [1.82, 2.24) is 10.2 Å². The molecule has 1 N–H and O–H groups in total. The summed E-state index contributed by atoms with van der Waals surface area (Å²) in [7, 11) is 0. The number of alkyl halides is 3. The number of para-hydroxylation sites is 1. The average molecular weight is 448 g/mol. The van der Waals surface area contributed by atoms with Gasteiger partial charge in [-0.3, -0.25) is 9.59 Å². The predicted molar refractivity (Wildman–Crippen MR) is 117 cm³/mol. The van der Waals surface area contributed by atoms with Crippen molar-refractivity contribution in [3.8, 4) is 0 Å². The number of hydrogen-bond acceptors (Lipinski definition) is 3. The Morgan fingerprint density at radius 3 is 2.19 bits per heavy atom. The van der Waals surface area contributed by atoms with Gasteiger partial charge in [-0.05, 0) is 35.7 Å². The molecule has 2 amide bonds. The van der Waals surface area contributed by atoms with Crippen molar-refractivity contribution in [2.45, 2.75) is 31.9 Å². The van der Waals surface area contributed by atoms with Crippen LogP contribution in [0.5, 0.6) is 0 Å². The number of anilines is 1. The number of rotatable bonds is 7. The zero-order valence-electron chi connectivity index (χ0n) is 18.1. The first-order chi connectivity index (χ1) is 15.2. The van der Waals surface area contributed by atoms with Crippen molar-refractivity contribution in [1.29, 1.82) is 0 Å². The van der Waals surface area contributed by atoms with Gasteiger partial charge in [0, 0.05) is 51.3 Å². The van der Waals surface area contributed by atoms with Gasteiger partial charge in [-0.15, -0.1) is 0 Å². The molecule has 2 aromatic carbocycles. The minimum atomic E-state index is -4.38. The summed E-state index contributed by atoms with van der Waals surface area (Å²) in [5.74, 6) is -0.438. The molecule has 0 spiro atoms. The number of nitrogens with zero attached hydrogens (tertiary/aromatic N) is 2. The Morgan fingerprint density at radius 2 is 1.59 bits per heavy atom. The largest absolute Gasteiger partial charge is 0.416 e. The molecule has 8 heteroatoms. The molecule has 0 bridgehead atoms. The molecule has 0 radical (unpaired) electrons. The van der Waals surface area contributed by atoms with Crippen LogP contribution in [0.1, 0.15) is 36.8 Å². The fourth-order valence-corrected chi connectivity index (χ4v) is 3.79. The zero-order chi connectivity index (χ0) is 23.1. The Morgan fingerprint density at radius 1 is 0.969 bits per heavy atom. The van der Waals surface area contributed by atoms with E-state index in [4.69, 9.17) is 0 Å². The normalized spacial score (nSPS) is 15.4. The number of halogens is 3. The van der Waals surface area contributed by atoms with Gasteiger partial charge in [0.15, 0.2) is 0 Å². The van der Waals surface area contributed by atoms with E-state index in [1.165, 1.54) is 12.1 Å². The van der Waals surface area contributed by atoms with E-state index in [-0.39, 0.29) is 37.1 Å². The number of benzene rings is 2. The SMILES string of the molecule is CC(CC(=O)NCCC(=O)N1CCN(c2ccccc2)CC1)c1ccc(C(F)(F)F)cc1. The molecular formula is C24H28F3N3O2. The highest BCUT2D eigenvalue weighted by molar-refractivity contribution is 5.79. The van der Waals surface area contributed by atoms with Crippen molar-refractivity contribution >= 4 is 17.5 Å². The van der Waals surface area contributed by atoms with Crippen LogP contribution in [0.25, 0.3) is 0 Å². The molecule has 1 aliphatic heterocycles. The van der Waals surface area contributed by atoms with E-state index in [0.717, 1.165) is 30.9 Å². The second-order valence-corrected chi connectivity index (χ2v) is 8.03. The molecular weight excluding hydrogens is 419 g/mol. The smallest absolute Gasteiger partial charge is 0.368 e. The van der Waals surface area contributed by atoms with Gasteiger partial charge in [-0.2, -0.15) is 13.2 Å². The lowest BCUT2D eigenvalue weighted by molar-refractivity contribution is -0.137. The molecule has 1 aliphatic rings. The van der Waals surface area contributed by atoms with Crippen LogP contribution < -0.4 is 10.2 Å². The summed E-state index contributed by atoms with van der Waals surface area (Å²) in [5.41, 5.74) is 1.11. The standard InChI is InChI=1S/C24H28F3N3O2/c1-18(19-7-9-20(10-8-19)24(25,26)27)17-22(31)28-12-11-23(32)30-15-13-29(14-16-30)21-5-3-2-4-6-21/h2-10,18H,11-17H2,1H3,(H,28,31). The first kappa shape index (κ1) is 23.6. The molecule has 1 fully saturated rings. The number of piperazine rings is 1. The average Bonchev–Trinajstić information content (AvgIpc) is 2.79. The van der Waals surface area contributed by atoms with E-state index in [2.05, 4.69) is 22.3 Å². The quantitative estimate of drug-likeness (QED) is 0.697. The molecule has 32 heavy (non-hydrogen) atoms. The minimum Gasteiger partial charge on any atom is -0.368 e. The molecule has 1 heterocycles. The summed E-state index contributed by atoms with van der Waals surface area (Å²) in [6.07, 6.45) is -4.00. The van der Waals surface area contributed by atoms with E-state index in [0.29, 0.717) is 18.7 Å². The van der Waals surface area contributed by atoms with Gasteiger partial charge >= 0.3 is 6.18 Å². The first-order valence-electron chi connectivity index (χ1n) is 10.8. The lowest BCUT2D eigenvalue weighted by Gasteiger charge is -2.36. The Balaban J connectivity index is 1.37. The summed E-state index contributed by atoms with van der Waals surface area (Å²) in [6.45, 7) is 4.87. The van der Waals surface area contributed by atoms with Crippen LogP contribution in [0.4, 0.5) is 18.9 Å². The monoisotopic (exact) mass is 447 g/mol. The lowest BCUT2D eigenvalue weighted by Crippen LogP contribution is -2.49. The van der Waals surface area contributed by atoms with E-state index in [9.17, 15) is 22.8 Å². The molecule has 1 atom stereocenters. The van der Waals surface area contributed by atoms with Crippen LogP contribution in [-0.2, 0) is 15.8 Å². The summed E-state index contributed by atoms with van der Waals surface area (Å²) in [4.78, 5) is 28.7. The molecule has 2 aromatic rings. The van der Waals surface area contributed by atoms with Crippen molar-refractivity contribution in [3.63, 3.8) is 0 Å². The number of carbonyl (C=O) groups is 2. The highest BCUT2D eigenvalue weighted by Gasteiger charge is 2.30. The Kier molecular flexibility index (Phi) is 7.77. The number of amides is 2. The Bertz CT molecular complexity index is 893. The Hall–Kier alpha value is -3.03. The lowest BCUT2D eigenvalue weighted by atomic mass is 9.96. The molecule has 0 aliphatic carbocycles. The third kappa shape index (κ3) is 6.48. The fourth-order valence-electron chi connectivity index (χ4n) is 3.79. The Labute approximate surface area is 186 Å². The van der Waals surface area contributed by atoms with Crippen molar-refractivity contribution in [2.75, 3.05) is 37.6 Å². The van der Waals surface area contributed by atoms with E-state index in [1.807, 2.05) is 23.1 Å². The first-order valence-corrected chi connectivity index (χ1v) is 10.8. The number of nitrogens with one attached hydrogen (secondary N) is 1. The maximum atomic E-state index is 12.7. The van der Waals surface area contributed by atoms with Gasteiger partial charge in [-0.25, -0.2) is 0 Å². The van der Waals surface area contributed by atoms with Crippen LogP contribution in [0.2, 0.25) is 0 Å². The van der Waals surface area contributed by atoms with Gasteiger partial charge in [-0.1, -0.05) is 37.3 Å². The predicted octanol–water partition coefficient (Wildman–Crippen LogP) is 4.05. The summed E-state index contributed by atoms with van der Waals surface area (Å²) in [5, 5.41) is 2.75. The van der Waals surface area contributed by atoms with Gasteiger partial charge < -0.3 is 15.1 Å². The van der Waals surface area contributed by atoms with E-state index >= 15 is 0 Å². The second kappa shape index (κ2) is 10.5. The van der Waals surface area contributed by atoms with Gasteiger partial charge in [0.1, 0.15) is 0 Å². The zero-order valence-corrected chi connectivity index (χ0v) is 18.1. The highest BCUT2D eigenvalue weighted by atomic mass is 19.4. The highest BCUT2D eigenvalue weighted by Crippen LogP contribution is 2.30. The van der Waals surface area contributed by atoms with Gasteiger partial charge in [0.25, 0.3) is 0 Å². The topological polar surface area (TPSA) is 52.7 Å². The van der Waals surface area contributed by atoms with Crippen LogP contribution in [-0.4, -0.2) is 49.4 Å². The van der Waals surface area contributed by atoms with Crippen LogP contribution in [0, 0.1) is 0 Å². The van der Waals surface area contributed by atoms with Crippen molar-refractivity contribution < 1.29 is 22.8 Å². The van der Waals surface area contributed by atoms with Crippen LogP contribution in [0.3, 0.4) is 0 Å². The third-order valence-corrected chi connectivity index (χ3v) is 5.71. The maximum absolute atomic E-state index is 12.7. The summed E-state index contributed by atoms with van der Waals surface area (Å²) in [6, 6.07) is 14.9. The minimum absolute atomic E-state index is 0.00815. The number of hydrogen-bond donors (Lipinski definition) is 1. The third-order valence-electron chi connectivity index (χ3n) is 5.71. The van der Waals surface area contributed by atoms with E-state index < -0.39 is 11.7 Å². The molecule has 1 unspecified atom stereocenters. The molecule has 3 rings (SSSR count). The maximum Gasteiger partial charge on any atom is 0.416 e. The fraction of sp³-hybridized carbons (Fsp3) is 0.417. The molecule has 1 saturated heterocycles. The second-order valence-electron chi connectivity index (χ2n) is 8.03. The van der Waals surface area contributed by atoms with Crippen LogP contribution >= 0.6 is 0 Å². The van der Waals surface area contributed by atoms with E-state index in [1.54, 1.807) is 6.92 Å². The molecule has 172 valence electrons. The number of carbonyl (C=O) groups excluding carboxylic acids is 2. The van der Waals surface area contributed by atoms with Gasteiger partial charge in [0.05, 0.1) is 5.56 Å². The summed E-state index contributed by atoms with van der Waals surface area (Å²) < 4.78 is 38.0. The summed E-state index contributed by atoms with van der Waals surface area (Å²) >= 11 is 0.